The fourth-order valence-corrected chi connectivity index (χ4v) is 5.23. The molecular weight excluding hydrogens is 501 g/mol. The van der Waals surface area contributed by atoms with E-state index in [1.165, 1.54) is 23.9 Å². The highest BCUT2D eigenvalue weighted by molar-refractivity contribution is 6.01. The van der Waals surface area contributed by atoms with E-state index in [0.717, 1.165) is 17.5 Å². The first-order valence-electron chi connectivity index (χ1n) is 12.8. The zero-order valence-electron chi connectivity index (χ0n) is 23.1. The Labute approximate surface area is 226 Å². The van der Waals surface area contributed by atoms with Crippen LogP contribution < -0.4 is 10.3 Å². The Bertz CT molecular complexity index is 1550. The first-order chi connectivity index (χ1) is 18.4. The molecule has 2 aromatic carbocycles. The van der Waals surface area contributed by atoms with Gasteiger partial charge in [-0.2, -0.15) is 0 Å². The molecule has 0 spiro atoms. The van der Waals surface area contributed by atoms with Gasteiger partial charge in [0, 0.05) is 43.0 Å². The summed E-state index contributed by atoms with van der Waals surface area (Å²) in [4.78, 5) is 30.4. The molecule has 8 nitrogen and oxygen atoms in total. The highest BCUT2D eigenvalue weighted by atomic mass is 19.1. The van der Waals surface area contributed by atoms with Crippen molar-refractivity contribution in [3.05, 3.63) is 62.8 Å². The number of nitrogens with zero attached hydrogens (tertiary/aromatic N) is 2. The normalized spacial score (nSPS) is 15.2. The summed E-state index contributed by atoms with van der Waals surface area (Å²) < 4.78 is 28.4. The van der Waals surface area contributed by atoms with E-state index >= 15 is 4.39 Å². The predicted octanol–water partition coefficient (Wildman–Crippen LogP) is 5.35. The van der Waals surface area contributed by atoms with Gasteiger partial charge in [0.25, 0.3) is 5.56 Å². The SMILES string of the molecule is CN=CC(C=N)c1ccc2c(-c3cc(F)c4c(c3C)CCCO4)c(C(OC(C)(C)C)C(=O)O)n(C)c(=O)c2c1. The molecule has 0 saturated heterocycles. The first-order valence-corrected chi connectivity index (χ1v) is 12.8. The number of nitrogens with one attached hydrogen (secondary N) is 1. The number of hydrogen-bond donors (Lipinski definition) is 2. The number of carbonyl (C=O) groups is 1. The van der Waals surface area contributed by atoms with E-state index in [0.29, 0.717) is 40.5 Å². The van der Waals surface area contributed by atoms with Crippen LogP contribution in [0.15, 0.2) is 34.1 Å². The van der Waals surface area contributed by atoms with Gasteiger partial charge in [0.05, 0.1) is 23.8 Å². The molecule has 4 rings (SSSR count). The van der Waals surface area contributed by atoms with Crippen LogP contribution in [0.2, 0.25) is 0 Å². The average molecular weight is 536 g/mol. The highest BCUT2D eigenvalue weighted by Crippen LogP contribution is 2.43. The Morgan fingerprint density at radius 3 is 2.62 bits per heavy atom. The molecule has 3 aromatic rings. The van der Waals surface area contributed by atoms with Crippen molar-refractivity contribution in [3.63, 3.8) is 0 Å². The number of aliphatic carboxylic acids is 1. The van der Waals surface area contributed by atoms with Crippen molar-refractivity contribution in [2.45, 2.75) is 58.2 Å². The van der Waals surface area contributed by atoms with Crippen molar-refractivity contribution >= 4 is 29.2 Å². The number of ether oxygens (including phenoxy) is 2. The first kappa shape index (κ1) is 28.2. The quantitative estimate of drug-likeness (QED) is 0.396. The van der Waals surface area contributed by atoms with Crippen molar-refractivity contribution in [3.8, 4) is 16.9 Å². The van der Waals surface area contributed by atoms with Crippen LogP contribution in [0.4, 0.5) is 4.39 Å². The van der Waals surface area contributed by atoms with Gasteiger partial charge in [-0.3, -0.25) is 9.79 Å². The minimum absolute atomic E-state index is 0.126. The van der Waals surface area contributed by atoms with Crippen LogP contribution in [0.1, 0.15) is 61.6 Å². The van der Waals surface area contributed by atoms with Crippen molar-refractivity contribution in [1.82, 2.24) is 4.57 Å². The summed E-state index contributed by atoms with van der Waals surface area (Å²) in [5, 5.41) is 18.9. The van der Waals surface area contributed by atoms with Crippen molar-refractivity contribution in [2.75, 3.05) is 13.7 Å². The van der Waals surface area contributed by atoms with Crippen molar-refractivity contribution in [1.29, 1.82) is 5.41 Å². The van der Waals surface area contributed by atoms with Crippen LogP contribution in [0.25, 0.3) is 21.9 Å². The predicted molar refractivity (Wildman–Crippen MR) is 150 cm³/mol. The van der Waals surface area contributed by atoms with E-state index in [-0.39, 0.29) is 11.4 Å². The molecule has 0 aliphatic carbocycles. The molecule has 0 radical (unpaired) electrons. The van der Waals surface area contributed by atoms with Gasteiger partial charge in [0.1, 0.15) is 0 Å². The Morgan fingerprint density at radius 1 is 1.28 bits per heavy atom. The van der Waals surface area contributed by atoms with Gasteiger partial charge in [0.2, 0.25) is 0 Å². The molecule has 1 aromatic heterocycles. The second-order valence-corrected chi connectivity index (χ2v) is 10.8. The maximum Gasteiger partial charge on any atom is 0.339 e. The summed E-state index contributed by atoms with van der Waals surface area (Å²) in [7, 11) is 3.11. The molecule has 1 aliphatic rings. The van der Waals surface area contributed by atoms with E-state index in [2.05, 4.69) is 4.99 Å². The third kappa shape index (κ3) is 5.23. The van der Waals surface area contributed by atoms with E-state index in [1.807, 2.05) is 6.92 Å². The molecule has 206 valence electrons. The van der Waals surface area contributed by atoms with Crippen LogP contribution in [0.5, 0.6) is 5.75 Å². The van der Waals surface area contributed by atoms with Gasteiger partial charge in [-0.05, 0) is 74.7 Å². The number of pyridine rings is 1. The molecule has 39 heavy (non-hydrogen) atoms. The molecule has 1 aliphatic heterocycles. The van der Waals surface area contributed by atoms with Gasteiger partial charge in [-0.15, -0.1) is 0 Å². The summed E-state index contributed by atoms with van der Waals surface area (Å²) in [6.07, 6.45) is 2.69. The number of halogens is 1. The standard InChI is InChI=1S/C30H34FN3O5/c1-16-19-8-7-11-38-26(19)23(31)13-21(16)24-20-10-9-17(18(14-32)15-33-5)12-22(20)28(35)34(6)25(24)27(29(36)37)39-30(2,3)4/h9-10,12-15,18,27,32H,7-8,11H2,1-6H3,(H,36,37). The Hall–Kier alpha value is -3.85. The number of aliphatic imine (C=N–C) groups is 1. The molecule has 2 unspecified atom stereocenters. The minimum Gasteiger partial charge on any atom is -0.490 e. The van der Waals surface area contributed by atoms with Gasteiger partial charge in [-0.1, -0.05) is 12.1 Å². The summed E-state index contributed by atoms with van der Waals surface area (Å²) in [5.41, 5.74) is 1.90. The molecule has 2 heterocycles. The molecule has 0 fully saturated rings. The highest BCUT2D eigenvalue weighted by Gasteiger charge is 2.34. The van der Waals surface area contributed by atoms with Gasteiger partial charge >= 0.3 is 5.97 Å². The zero-order chi connectivity index (χ0) is 28.6. The van der Waals surface area contributed by atoms with E-state index < -0.39 is 35.0 Å². The lowest BCUT2D eigenvalue weighted by atomic mass is 9.87. The van der Waals surface area contributed by atoms with Crippen LogP contribution in [-0.4, -0.2) is 47.3 Å². The second-order valence-electron chi connectivity index (χ2n) is 10.8. The molecule has 0 amide bonds. The molecule has 0 bridgehead atoms. The zero-order valence-corrected chi connectivity index (χ0v) is 23.1. The molecule has 2 atom stereocenters. The van der Waals surface area contributed by atoms with Gasteiger partial charge < -0.3 is 24.6 Å². The molecule has 2 N–H and O–H groups in total. The number of fused-ring (bicyclic) bond motifs is 2. The summed E-state index contributed by atoms with van der Waals surface area (Å²) in [6, 6.07) is 6.56. The Kier molecular flexibility index (Phi) is 7.75. The number of carboxylic acids is 1. The van der Waals surface area contributed by atoms with E-state index in [1.54, 1.807) is 52.2 Å². The van der Waals surface area contributed by atoms with Crippen molar-refractivity contribution in [2.24, 2.45) is 12.0 Å². The summed E-state index contributed by atoms with van der Waals surface area (Å²) >= 11 is 0. The van der Waals surface area contributed by atoms with Crippen LogP contribution in [0.3, 0.4) is 0 Å². The summed E-state index contributed by atoms with van der Waals surface area (Å²) in [6.45, 7) is 7.50. The molecule has 0 saturated carbocycles. The monoisotopic (exact) mass is 535 g/mol. The molecule has 9 heteroatoms. The van der Waals surface area contributed by atoms with Crippen LogP contribution in [-0.2, 0) is 23.0 Å². The Morgan fingerprint density at radius 2 is 2.00 bits per heavy atom. The average Bonchev–Trinajstić information content (AvgIpc) is 2.89. The smallest absolute Gasteiger partial charge is 0.339 e. The van der Waals surface area contributed by atoms with Gasteiger partial charge in [0.15, 0.2) is 17.7 Å². The topological polar surface area (TPSA) is 114 Å². The number of benzene rings is 2. The third-order valence-corrected chi connectivity index (χ3v) is 6.99. The molecular formula is C30H34FN3O5. The maximum absolute atomic E-state index is 15.5. The van der Waals surface area contributed by atoms with Crippen molar-refractivity contribution < 1.29 is 23.8 Å². The van der Waals surface area contributed by atoms with Gasteiger partial charge in [-0.25, -0.2) is 9.18 Å². The number of hydrogen-bond acceptors (Lipinski definition) is 6. The minimum atomic E-state index is -1.50. The lowest BCUT2D eigenvalue weighted by molar-refractivity contribution is -0.161. The van der Waals surface area contributed by atoms with Crippen LogP contribution in [0, 0.1) is 18.2 Å². The summed E-state index contributed by atoms with van der Waals surface area (Å²) in [5.74, 6) is -2.03. The number of carboxylic acid groups (broad SMARTS) is 1. The Balaban J connectivity index is 2.17. The maximum atomic E-state index is 15.5. The lowest BCUT2D eigenvalue weighted by Gasteiger charge is -2.30. The van der Waals surface area contributed by atoms with E-state index in [9.17, 15) is 14.7 Å². The number of aromatic nitrogens is 1. The van der Waals surface area contributed by atoms with E-state index in [4.69, 9.17) is 14.9 Å². The fourth-order valence-electron chi connectivity index (χ4n) is 5.23. The number of rotatable bonds is 7. The second kappa shape index (κ2) is 10.7. The van der Waals surface area contributed by atoms with Crippen LogP contribution >= 0.6 is 0 Å². The third-order valence-electron chi connectivity index (χ3n) is 6.99. The lowest BCUT2D eigenvalue weighted by Crippen LogP contribution is -2.33. The largest absolute Gasteiger partial charge is 0.490 e. The fraction of sp³-hybridized carbons (Fsp3) is 0.400.